The summed E-state index contributed by atoms with van der Waals surface area (Å²) >= 11 is 0. The summed E-state index contributed by atoms with van der Waals surface area (Å²) in [5.74, 6) is 0.272. The van der Waals surface area contributed by atoms with E-state index in [0.29, 0.717) is 41.3 Å². The van der Waals surface area contributed by atoms with Gasteiger partial charge in [0.2, 0.25) is 15.9 Å². The first-order valence-corrected chi connectivity index (χ1v) is 11.3. The van der Waals surface area contributed by atoms with Gasteiger partial charge in [0.25, 0.3) is 5.91 Å². The molecule has 0 aliphatic carbocycles. The van der Waals surface area contributed by atoms with E-state index in [-0.39, 0.29) is 29.9 Å². The molecule has 4 rings (SSSR count). The van der Waals surface area contributed by atoms with E-state index in [1.807, 2.05) is 0 Å². The van der Waals surface area contributed by atoms with Crippen LogP contribution in [0.2, 0.25) is 0 Å². The molecule has 1 saturated heterocycles. The molecule has 0 bridgehead atoms. The summed E-state index contributed by atoms with van der Waals surface area (Å²) in [5.41, 5.74) is 1.46. The van der Waals surface area contributed by atoms with Crippen LogP contribution in [0, 0.1) is 6.92 Å². The van der Waals surface area contributed by atoms with Gasteiger partial charge >= 0.3 is 0 Å². The van der Waals surface area contributed by atoms with Gasteiger partial charge in [-0.05, 0) is 55.7 Å². The summed E-state index contributed by atoms with van der Waals surface area (Å²) in [6.45, 7) is 1.72. The number of hydrogen-bond acceptors (Lipinski definition) is 6. The predicted molar refractivity (Wildman–Crippen MR) is 114 cm³/mol. The molecule has 2 aromatic rings. The van der Waals surface area contributed by atoms with Crippen LogP contribution in [0.5, 0.6) is 11.5 Å². The molecule has 0 aromatic heterocycles. The topological polar surface area (TPSA) is 114 Å². The van der Waals surface area contributed by atoms with Gasteiger partial charge in [-0.3, -0.25) is 9.59 Å². The maximum Gasteiger partial charge on any atom is 0.262 e. The molecule has 0 saturated carbocycles. The van der Waals surface area contributed by atoms with Crippen molar-refractivity contribution in [2.24, 2.45) is 0 Å². The van der Waals surface area contributed by atoms with Crippen molar-refractivity contribution in [2.45, 2.75) is 30.7 Å². The summed E-state index contributed by atoms with van der Waals surface area (Å²) < 4.78 is 38.6. The van der Waals surface area contributed by atoms with Crippen LogP contribution < -0.4 is 20.1 Å². The predicted octanol–water partition coefficient (Wildman–Crippen LogP) is 2.13. The minimum atomic E-state index is -3.95. The van der Waals surface area contributed by atoms with Crippen molar-refractivity contribution in [2.75, 3.05) is 30.9 Å². The summed E-state index contributed by atoms with van der Waals surface area (Å²) in [4.78, 5) is 24.5. The average molecular weight is 445 g/mol. The fourth-order valence-electron chi connectivity index (χ4n) is 3.81. The van der Waals surface area contributed by atoms with Crippen molar-refractivity contribution in [1.29, 1.82) is 0 Å². The van der Waals surface area contributed by atoms with Gasteiger partial charge in [-0.25, -0.2) is 8.42 Å². The number of nitrogens with zero attached hydrogens (tertiary/aromatic N) is 1. The number of nitrogens with one attached hydrogen (secondary N) is 2. The molecular weight excluding hydrogens is 422 g/mol. The molecular formula is C21H23N3O6S. The third-order valence-electron chi connectivity index (χ3n) is 5.36. The number of benzene rings is 2. The first kappa shape index (κ1) is 21.1. The van der Waals surface area contributed by atoms with Gasteiger partial charge in [-0.2, -0.15) is 4.31 Å². The third-order valence-corrected chi connectivity index (χ3v) is 7.41. The summed E-state index contributed by atoms with van der Waals surface area (Å²) in [6, 6.07) is 9.00. The first-order valence-electron chi connectivity index (χ1n) is 9.83. The number of carbonyl (C=O) groups is 2. The van der Waals surface area contributed by atoms with E-state index in [0.717, 1.165) is 0 Å². The second-order valence-electron chi connectivity index (χ2n) is 7.44. The molecule has 2 heterocycles. The molecule has 1 atom stereocenters. The lowest BCUT2D eigenvalue weighted by Gasteiger charge is -2.26. The van der Waals surface area contributed by atoms with E-state index in [1.54, 1.807) is 44.4 Å². The van der Waals surface area contributed by atoms with Gasteiger partial charge in [-0.1, -0.05) is 0 Å². The van der Waals surface area contributed by atoms with Crippen LogP contribution in [-0.2, 0) is 19.6 Å². The van der Waals surface area contributed by atoms with Crippen LogP contribution in [0.15, 0.2) is 41.3 Å². The smallest absolute Gasteiger partial charge is 0.262 e. The zero-order valence-corrected chi connectivity index (χ0v) is 18.0. The normalized spacial score (nSPS) is 18.6. The molecule has 0 radical (unpaired) electrons. The van der Waals surface area contributed by atoms with Crippen molar-refractivity contribution in [3.05, 3.63) is 42.0 Å². The summed E-state index contributed by atoms with van der Waals surface area (Å²) in [6.07, 6.45) is 1.01. The Morgan fingerprint density at radius 2 is 2.00 bits per heavy atom. The Morgan fingerprint density at radius 1 is 1.26 bits per heavy atom. The Balaban J connectivity index is 1.58. The molecule has 1 fully saturated rings. The second-order valence-corrected chi connectivity index (χ2v) is 9.30. The fraction of sp³-hybridized carbons (Fsp3) is 0.333. The van der Waals surface area contributed by atoms with Crippen LogP contribution in [0.4, 0.5) is 11.4 Å². The fourth-order valence-corrected chi connectivity index (χ4v) is 5.69. The Labute approximate surface area is 180 Å². The Kier molecular flexibility index (Phi) is 5.59. The number of hydrogen-bond donors (Lipinski definition) is 2. The molecule has 31 heavy (non-hydrogen) atoms. The maximum absolute atomic E-state index is 13.4. The zero-order chi connectivity index (χ0) is 22.2. The van der Waals surface area contributed by atoms with Crippen molar-refractivity contribution < 1.29 is 27.5 Å². The molecule has 0 unspecified atom stereocenters. The highest BCUT2D eigenvalue weighted by atomic mass is 32.2. The molecule has 2 amide bonds. The lowest BCUT2D eigenvalue weighted by atomic mass is 10.2. The number of amides is 2. The van der Waals surface area contributed by atoms with Crippen LogP contribution in [0.25, 0.3) is 0 Å². The van der Waals surface area contributed by atoms with Crippen LogP contribution in [0.1, 0.15) is 18.4 Å². The van der Waals surface area contributed by atoms with Gasteiger partial charge in [0.05, 0.1) is 17.7 Å². The Hall–Kier alpha value is -3.11. The summed E-state index contributed by atoms with van der Waals surface area (Å²) in [5, 5.41) is 5.45. The van der Waals surface area contributed by atoms with E-state index in [1.165, 1.54) is 10.4 Å². The number of rotatable bonds is 5. The third kappa shape index (κ3) is 4.08. The molecule has 2 aromatic carbocycles. The van der Waals surface area contributed by atoms with Crippen LogP contribution in [0.3, 0.4) is 0 Å². The van der Waals surface area contributed by atoms with E-state index in [9.17, 15) is 18.0 Å². The summed E-state index contributed by atoms with van der Waals surface area (Å²) in [7, 11) is -2.40. The number of ether oxygens (including phenoxy) is 2. The van der Waals surface area contributed by atoms with E-state index in [4.69, 9.17) is 9.47 Å². The lowest BCUT2D eigenvalue weighted by molar-refractivity contribution is -0.119. The van der Waals surface area contributed by atoms with Gasteiger partial charge in [0, 0.05) is 18.3 Å². The monoisotopic (exact) mass is 445 g/mol. The molecule has 9 nitrogen and oxygen atoms in total. The highest BCUT2D eigenvalue weighted by Crippen LogP contribution is 2.36. The quantitative estimate of drug-likeness (QED) is 0.729. The van der Waals surface area contributed by atoms with E-state index < -0.39 is 16.1 Å². The molecule has 164 valence electrons. The van der Waals surface area contributed by atoms with Gasteiger partial charge in [-0.15, -0.1) is 0 Å². The Bertz CT molecular complexity index is 1130. The molecule has 2 N–H and O–H groups in total. The van der Waals surface area contributed by atoms with Crippen LogP contribution >= 0.6 is 0 Å². The van der Waals surface area contributed by atoms with E-state index in [2.05, 4.69) is 10.6 Å². The largest absolute Gasteiger partial charge is 0.497 e. The minimum Gasteiger partial charge on any atom is -0.497 e. The second kappa shape index (κ2) is 8.20. The molecule has 10 heteroatoms. The van der Waals surface area contributed by atoms with Gasteiger partial charge in [0.1, 0.15) is 17.5 Å². The molecule has 2 aliphatic rings. The number of carbonyl (C=O) groups excluding carboxylic acids is 2. The van der Waals surface area contributed by atoms with Crippen molar-refractivity contribution in [3.63, 3.8) is 0 Å². The van der Waals surface area contributed by atoms with Gasteiger partial charge < -0.3 is 20.1 Å². The molecule has 2 aliphatic heterocycles. The lowest BCUT2D eigenvalue weighted by Crippen LogP contribution is -2.43. The number of sulfonamides is 1. The van der Waals surface area contributed by atoms with Gasteiger partial charge in [0.15, 0.2) is 6.61 Å². The van der Waals surface area contributed by atoms with Crippen molar-refractivity contribution >= 4 is 33.2 Å². The maximum atomic E-state index is 13.4. The number of anilines is 2. The highest BCUT2D eigenvalue weighted by molar-refractivity contribution is 7.89. The SMILES string of the molecule is COc1ccc(NC(=O)[C@@H]2CCCN2S(=O)(=O)c2cc3c(cc2C)NC(=O)CO3)cc1. The van der Waals surface area contributed by atoms with Crippen molar-refractivity contribution in [3.8, 4) is 11.5 Å². The number of fused-ring (bicyclic) bond motifs is 1. The number of methoxy groups -OCH3 is 1. The number of aryl methyl sites for hydroxylation is 1. The first-order chi connectivity index (χ1) is 14.8. The Morgan fingerprint density at radius 3 is 2.71 bits per heavy atom. The highest BCUT2D eigenvalue weighted by Gasteiger charge is 2.40. The zero-order valence-electron chi connectivity index (χ0n) is 17.2. The molecule has 0 spiro atoms. The van der Waals surface area contributed by atoms with E-state index >= 15 is 0 Å². The minimum absolute atomic E-state index is 0.0616. The standard InChI is InChI=1S/C21H23N3O6S/c1-13-10-16-18(30-12-20(25)23-16)11-19(13)31(27,28)24-9-3-4-17(24)21(26)22-14-5-7-15(29-2)8-6-14/h5-8,10-11,17H,3-4,9,12H2,1-2H3,(H,22,26)(H,23,25)/t17-/m0/s1. The van der Waals surface area contributed by atoms with Crippen LogP contribution in [-0.4, -0.2) is 50.8 Å². The van der Waals surface area contributed by atoms with Crippen molar-refractivity contribution in [1.82, 2.24) is 4.31 Å². The average Bonchev–Trinajstić information content (AvgIpc) is 3.25.